The number of terminal acetylenes is 1. The van der Waals surface area contributed by atoms with Gasteiger partial charge in [-0.05, 0) is 60.2 Å². The lowest BCUT2D eigenvalue weighted by molar-refractivity contribution is -0.122. The summed E-state index contributed by atoms with van der Waals surface area (Å²) >= 11 is 12.1. The minimum absolute atomic E-state index is 0.0491. The lowest BCUT2D eigenvalue weighted by Gasteiger charge is -2.26. The largest absolute Gasteiger partial charge is 0.493 e. The van der Waals surface area contributed by atoms with Crippen molar-refractivity contribution < 1.29 is 28.6 Å². The second-order valence-electron chi connectivity index (χ2n) is 7.88. The van der Waals surface area contributed by atoms with Crippen LogP contribution in [0.25, 0.3) is 6.08 Å². The summed E-state index contributed by atoms with van der Waals surface area (Å²) < 4.78 is 16.5. The molecular formula is C28H20Cl2N2O6. The van der Waals surface area contributed by atoms with Crippen LogP contribution in [0.2, 0.25) is 10.0 Å². The Labute approximate surface area is 228 Å². The lowest BCUT2D eigenvalue weighted by atomic mass is 10.1. The highest BCUT2D eigenvalue weighted by Crippen LogP contribution is 2.30. The fourth-order valence-corrected chi connectivity index (χ4v) is 4.03. The van der Waals surface area contributed by atoms with Crippen LogP contribution in [0.4, 0.5) is 10.5 Å². The number of carbonyl (C=O) groups is 3. The van der Waals surface area contributed by atoms with Crippen molar-refractivity contribution in [1.82, 2.24) is 5.32 Å². The Morgan fingerprint density at radius 3 is 2.42 bits per heavy atom. The molecule has 1 aliphatic heterocycles. The van der Waals surface area contributed by atoms with E-state index in [9.17, 15) is 14.4 Å². The van der Waals surface area contributed by atoms with Crippen LogP contribution in [0.3, 0.4) is 0 Å². The summed E-state index contributed by atoms with van der Waals surface area (Å²) in [6.07, 6.45) is 6.59. The summed E-state index contributed by atoms with van der Waals surface area (Å²) in [6, 6.07) is 15.3. The highest BCUT2D eigenvalue weighted by Gasteiger charge is 2.36. The molecule has 0 aliphatic carbocycles. The first-order chi connectivity index (χ1) is 18.3. The highest BCUT2D eigenvalue weighted by molar-refractivity contribution is 6.39. The van der Waals surface area contributed by atoms with E-state index < -0.39 is 17.8 Å². The van der Waals surface area contributed by atoms with Crippen LogP contribution in [0, 0.1) is 12.3 Å². The maximum Gasteiger partial charge on any atom is 0.335 e. The van der Waals surface area contributed by atoms with Crippen molar-refractivity contribution in [3.63, 3.8) is 0 Å². The Bertz CT molecular complexity index is 1480. The van der Waals surface area contributed by atoms with Gasteiger partial charge in [0.25, 0.3) is 11.8 Å². The minimum atomic E-state index is -0.866. The molecule has 38 heavy (non-hydrogen) atoms. The number of halogens is 2. The van der Waals surface area contributed by atoms with E-state index in [-0.39, 0.29) is 24.5 Å². The van der Waals surface area contributed by atoms with E-state index in [2.05, 4.69) is 11.2 Å². The molecule has 8 nitrogen and oxygen atoms in total. The fraction of sp³-hybridized carbons (Fsp3) is 0.107. The zero-order valence-corrected chi connectivity index (χ0v) is 21.5. The van der Waals surface area contributed by atoms with Crippen LogP contribution < -0.4 is 24.4 Å². The van der Waals surface area contributed by atoms with Gasteiger partial charge in [0.2, 0.25) is 0 Å². The number of anilines is 1. The number of imide groups is 2. The van der Waals surface area contributed by atoms with Crippen molar-refractivity contribution in [2.45, 2.75) is 6.61 Å². The van der Waals surface area contributed by atoms with Crippen molar-refractivity contribution in [3.8, 4) is 29.6 Å². The van der Waals surface area contributed by atoms with E-state index in [1.165, 1.54) is 25.3 Å². The van der Waals surface area contributed by atoms with Crippen LogP contribution in [-0.2, 0) is 16.2 Å². The predicted octanol–water partition coefficient (Wildman–Crippen LogP) is 5.26. The summed E-state index contributed by atoms with van der Waals surface area (Å²) in [7, 11) is 1.45. The Balaban J connectivity index is 1.53. The van der Waals surface area contributed by atoms with Gasteiger partial charge in [0.05, 0.1) is 12.8 Å². The van der Waals surface area contributed by atoms with Gasteiger partial charge in [0.15, 0.2) is 11.5 Å². The minimum Gasteiger partial charge on any atom is -0.493 e. The number of hydrogen-bond acceptors (Lipinski definition) is 6. The molecule has 1 fully saturated rings. The summed E-state index contributed by atoms with van der Waals surface area (Å²) in [6.45, 7) is 0.239. The van der Waals surface area contributed by atoms with Gasteiger partial charge >= 0.3 is 6.03 Å². The Hall–Kier alpha value is -4.45. The molecule has 0 unspecified atom stereocenters. The maximum atomic E-state index is 13.2. The Morgan fingerprint density at radius 1 is 0.974 bits per heavy atom. The summed E-state index contributed by atoms with van der Waals surface area (Å²) in [5.74, 6) is 2.01. The third-order valence-electron chi connectivity index (χ3n) is 5.42. The molecule has 0 spiro atoms. The van der Waals surface area contributed by atoms with Gasteiger partial charge in [-0.25, -0.2) is 9.69 Å². The molecule has 0 radical (unpaired) electrons. The molecule has 1 N–H and O–H groups in total. The molecule has 3 aromatic carbocycles. The topological polar surface area (TPSA) is 94.2 Å². The molecule has 3 aromatic rings. The zero-order chi connectivity index (χ0) is 27.2. The first-order valence-electron chi connectivity index (χ1n) is 11.1. The molecule has 192 valence electrons. The van der Waals surface area contributed by atoms with E-state index in [0.29, 0.717) is 32.9 Å². The number of rotatable bonds is 8. The SMILES string of the molecule is C#CCOc1ccc(/C=C2\C(=O)NC(=O)N(c3ccc(OCc4ccc(Cl)cc4Cl)cc3)C2=O)cc1OC. The van der Waals surface area contributed by atoms with Crippen LogP contribution in [0.15, 0.2) is 66.2 Å². The number of barbiturate groups is 1. The standard InChI is InChI=1S/C28H20Cl2N2O6/c1-3-12-37-24-11-4-17(14-25(24)36-2)13-22-26(33)31-28(35)32(27(22)34)20-7-9-21(10-8-20)38-16-18-5-6-19(29)15-23(18)30/h1,4-11,13-15H,12,16H2,2H3,(H,31,33,35)/b22-13+. The lowest BCUT2D eigenvalue weighted by Crippen LogP contribution is -2.54. The van der Waals surface area contributed by atoms with E-state index in [1.807, 2.05) is 0 Å². The number of hydrogen-bond donors (Lipinski definition) is 1. The molecule has 1 heterocycles. The predicted molar refractivity (Wildman–Crippen MR) is 144 cm³/mol. The monoisotopic (exact) mass is 550 g/mol. The van der Waals surface area contributed by atoms with Crippen molar-refractivity contribution in [2.24, 2.45) is 0 Å². The second-order valence-corrected chi connectivity index (χ2v) is 8.72. The molecule has 0 bridgehead atoms. The third-order valence-corrected chi connectivity index (χ3v) is 6.00. The number of carbonyl (C=O) groups excluding carboxylic acids is 3. The fourth-order valence-electron chi connectivity index (χ4n) is 3.56. The first kappa shape index (κ1) is 26.6. The highest BCUT2D eigenvalue weighted by atomic mass is 35.5. The van der Waals surface area contributed by atoms with Crippen LogP contribution >= 0.6 is 23.2 Å². The molecule has 10 heteroatoms. The van der Waals surface area contributed by atoms with E-state index in [4.69, 9.17) is 43.8 Å². The van der Waals surface area contributed by atoms with Crippen LogP contribution in [0.1, 0.15) is 11.1 Å². The second kappa shape index (κ2) is 11.7. The van der Waals surface area contributed by atoms with Crippen LogP contribution in [-0.4, -0.2) is 31.6 Å². The van der Waals surface area contributed by atoms with Crippen LogP contribution in [0.5, 0.6) is 17.2 Å². The molecular weight excluding hydrogens is 531 g/mol. The molecule has 0 atom stereocenters. The molecule has 0 aromatic heterocycles. The quantitative estimate of drug-likeness (QED) is 0.233. The summed E-state index contributed by atoms with van der Waals surface area (Å²) in [5.41, 5.74) is 1.23. The van der Waals surface area contributed by atoms with Crippen molar-refractivity contribution in [1.29, 1.82) is 0 Å². The smallest absolute Gasteiger partial charge is 0.335 e. The first-order valence-corrected chi connectivity index (χ1v) is 11.9. The molecule has 1 saturated heterocycles. The summed E-state index contributed by atoms with van der Waals surface area (Å²) in [5, 5.41) is 3.18. The van der Waals surface area contributed by atoms with Gasteiger partial charge < -0.3 is 14.2 Å². The Kier molecular flexibility index (Phi) is 8.22. The molecule has 1 aliphatic rings. The number of methoxy groups -OCH3 is 1. The van der Waals surface area contributed by atoms with Gasteiger partial charge in [-0.1, -0.05) is 41.3 Å². The van der Waals surface area contributed by atoms with E-state index in [1.54, 1.807) is 48.5 Å². The number of nitrogens with one attached hydrogen (secondary N) is 1. The molecule has 4 amide bonds. The van der Waals surface area contributed by atoms with Gasteiger partial charge in [-0.15, -0.1) is 6.42 Å². The number of urea groups is 1. The third kappa shape index (κ3) is 5.92. The summed E-state index contributed by atoms with van der Waals surface area (Å²) in [4.78, 5) is 39.2. The zero-order valence-electron chi connectivity index (χ0n) is 20.0. The maximum absolute atomic E-state index is 13.2. The average molecular weight is 551 g/mol. The van der Waals surface area contributed by atoms with Crippen molar-refractivity contribution >= 4 is 52.8 Å². The molecule has 0 saturated carbocycles. The van der Waals surface area contributed by atoms with Crippen molar-refractivity contribution in [3.05, 3.63) is 87.4 Å². The normalized spacial score (nSPS) is 14.2. The van der Waals surface area contributed by atoms with Gasteiger partial charge in [0, 0.05) is 15.6 Å². The van der Waals surface area contributed by atoms with E-state index >= 15 is 0 Å². The van der Waals surface area contributed by atoms with Gasteiger partial charge in [-0.2, -0.15) is 0 Å². The number of benzene rings is 3. The number of nitrogens with zero attached hydrogens (tertiary/aromatic N) is 1. The molecule has 4 rings (SSSR count). The average Bonchev–Trinajstić information content (AvgIpc) is 2.90. The van der Waals surface area contributed by atoms with Crippen molar-refractivity contribution in [2.75, 3.05) is 18.6 Å². The van der Waals surface area contributed by atoms with Gasteiger partial charge in [0.1, 0.15) is 24.5 Å². The number of ether oxygens (including phenoxy) is 3. The number of amides is 4. The Morgan fingerprint density at radius 2 is 1.74 bits per heavy atom. The van der Waals surface area contributed by atoms with Gasteiger partial charge in [-0.3, -0.25) is 14.9 Å². The van der Waals surface area contributed by atoms with E-state index in [0.717, 1.165) is 10.5 Å².